The average Bonchev–Trinajstić information content (AvgIpc) is 3.00. The number of carbonyl (C=O) groups is 1. The number of benzene rings is 1. The Balaban J connectivity index is 1.75. The van der Waals surface area contributed by atoms with E-state index < -0.39 is 6.04 Å². The van der Waals surface area contributed by atoms with E-state index in [0.29, 0.717) is 12.2 Å². The van der Waals surface area contributed by atoms with E-state index in [0.717, 1.165) is 12.8 Å². The summed E-state index contributed by atoms with van der Waals surface area (Å²) < 4.78 is 5.19. The predicted molar refractivity (Wildman–Crippen MR) is 76.1 cm³/mol. The number of hydrogen-bond donors (Lipinski definition) is 2. The summed E-state index contributed by atoms with van der Waals surface area (Å²) in [6.07, 6.45) is 3.62. The molecule has 2 N–H and O–H groups in total. The van der Waals surface area contributed by atoms with Crippen LogP contribution in [0.5, 0.6) is 0 Å². The smallest absolute Gasteiger partial charge is 0.220 e. The number of amides is 1. The third kappa shape index (κ3) is 4.24. The summed E-state index contributed by atoms with van der Waals surface area (Å²) in [7, 11) is 0. The van der Waals surface area contributed by atoms with Crippen molar-refractivity contribution in [3.8, 4) is 0 Å². The summed E-state index contributed by atoms with van der Waals surface area (Å²) in [6.45, 7) is -0.169. The van der Waals surface area contributed by atoms with Crippen molar-refractivity contribution in [2.45, 2.75) is 25.3 Å². The van der Waals surface area contributed by atoms with Crippen molar-refractivity contribution in [1.82, 2.24) is 5.32 Å². The van der Waals surface area contributed by atoms with E-state index >= 15 is 0 Å². The first-order chi connectivity index (χ1) is 9.79. The Morgan fingerprint density at radius 3 is 2.65 bits per heavy atom. The molecule has 1 unspecified atom stereocenters. The van der Waals surface area contributed by atoms with Gasteiger partial charge in [-0.1, -0.05) is 30.3 Å². The summed E-state index contributed by atoms with van der Waals surface area (Å²) >= 11 is 0. The van der Waals surface area contributed by atoms with Gasteiger partial charge in [-0.3, -0.25) is 4.79 Å². The van der Waals surface area contributed by atoms with E-state index in [-0.39, 0.29) is 12.5 Å². The van der Waals surface area contributed by atoms with Gasteiger partial charge in [0, 0.05) is 6.42 Å². The predicted octanol–water partition coefficient (Wildman–Crippen LogP) is 2.45. The van der Waals surface area contributed by atoms with Crippen LogP contribution in [-0.2, 0) is 11.2 Å². The van der Waals surface area contributed by atoms with Gasteiger partial charge in [0.25, 0.3) is 0 Å². The molecule has 1 aromatic heterocycles. The topological polar surface area (TPSA) is 62.5 Å². The maximum absolute atomic E-state index is 11.8. The average molecular weight is 273 g/mol. The summed E-state index contributed by atoms with van der Waals surface area (Å²) in [5.74, 6) is 0.500. The van der Waals surface area contributed by atoms with Gasteiger partial charge in [0.1, 0.15) is 11.8 Å². The van der Waals surface area contributed by atoms with Gasteiger partial charge in [-0.2, -0.15) is 0 Å². The van der Waals surface area contributed by atoms with Crippen molar-refractivity contribution in [2.24, 2.45) is 0 Å². The van der Waals surface area contributed by atoms with Crippen LogP contribution in [0, 0.1) is 0 Å². The highest BCUT2D eigenvalue weighted by atomic mass is 16.3. The van der Waals surface area contributed by atoms with Crippen LogP contribution < -0.4 is 5.32 Å². The third-order valence-electron chi connectivity index (χ3n) is 3.12. The lowest BCUT2D eigenvalue weighted by Gasteiger charge is -2.13. The van der Waals surface area contributed by atoms with Crippen molar-refractivity contribution >= 4 is 5.91 Å². The first-order valence-electron chi connectivity index (χ1n) is 6.77. The lowest BCUT2D eigenvalue weighted by molar-refractivity contribution is -0.122. The van der Waals surface area contributed by atoms with Crippen molar-refractivity contribution in [3.63, 3.8) is 0 Å². The number of carbonyl (C=O) groups excluding carboxylic acids is 1. The molecule has 0 aliphatic rings. The van der Waals surface area contributed by atoms with E-state index in [2.05, 4.69) is 17.4 Å². The molecular weight excluding hydrogens is 254 g/mol. The molecule has 20 heavy (non-hydrogen) atoms. The maximum Gasteiger partial charge on any atom is 0.220 e. The summed E-state index contributed by atoms with van der Waals surface area (Å²) in [6, 6.07) is 13.1. The van der Waals surface area contributed by atoms with Gasteiger partial charge in [-0.25, -0.2) is 0 Å². The summed E-state index contributed by atoms with van der Waals surface area (Å²) in [5, 5.41) is 12.0. The zero-order valence-corrected chi connectivity index (χ0v) is 11.3. The minimum Gasteiger partial charge on any atom is -0.467 e. The van der Waals surface area contributed by atoms with Gasteiger partial charge in [-0.15, -0.1) is 0 Å². The molecule has 0 saturated carbocycles. The monoisotopic (exact) mass is 273 g/mol. The molecule has 1 amide bonds. The summed E-state index contributed by atoms with van der Waals surface area (Å²) in [4.78, 5) is 11.8. The first kappa shape index (κ1) is 14.3. The van der Waals surface area contributed by atoms with E-state index in [1.165, 1.54) is 11.8 Å². The quantitative estimate of drug-likeness (QED) is 0.814. The fraction of sp³-hybridized carbons (Fsp3) is 0.312. The second-order valence-electron chi connectivity index (χ2n) is 4.66. The van der Waals surface area contributed by atoms with Crippen LogP contribution in [0.15, 0.2) is 53.1 Å². The SMILES string of the molecule is O=C(CCCc1ccccc1)NC(CO)c1ccco1. The van der Waals surface area contributed by atoms with Crippen LogP contribution in [0.25, 0.3) is 0 Å². The van der Waals surface area contributed by atoms with Crippen molar-refractivity contribution in [1.29, 1.82) is 0 Å². The van der Waals surface area contributed by atoms with Gasteiger partial charge in [0.05, 0.1) is 12.9 Å². The van der Waals surface area contributed by atoms with Gasteiger partial charge >= 0.3 is 0 Å². The number of nitrogens with one attached hydrogen (secondary N) is 1. The Bertz CT molecular complexity index is 508. The third-order valence-corrected chi connectivity index (χ3v) is 3.12. The van der Waals surface area contributed by atoms with Crippen LogP contribution >= 0.6 is 0 Å². The highest BCUT2D eigenvalue weighted by Crippen LogP contribution is 2.13. The number of rotatable bonds is 7. The van der Waals surface area contributed by atoms with Crippen LogP contribution in [-0.4, -0.2) is 17.6 Å². The molecule has 0 saturated heterocycles. The lowest BCUT2D eigenvalue weighted by atomic mass is 10.1. The summed E-state index contributed by atoms with van der Waals surface area (Å²) in [5.41, 5.74) is 1.23. The zero-order chi connectivity index (χ0) is 14.2. The molecule has 0 radical (unpaired) electrons. The van der Waals surface area contributed by atoms with E-state index in [1.54, 1.807) is 12.1 Å². The van der Waals surface area contributed by atoms with E-state index in [1.807, 2.05) is 18.2 Å². The van der Waals surface area contributed by atoms with Gasteiger partial charge in [-0.05, 0) is 30.5 Å². The standard InChI is InChI=1S/C16H19NO3/c18-12-14(15-9-5-11-20-15)17-16(19)10-4-8-13-6-2-1-3-7-13/h1-3,5-7,9,11,14,18H,4,8,10,12H2,(H,17,19). The minimum atomic E-state index is -0.464. The fourth-order valence-electron chi connectivity index (χ4n) is 2.06. The number of furan rings is 1. The van der Waals surface area contributed by atoms with Gasteiger partial charge in [0.15, 0.2) is 0 Å². The Morgan fingerprint density at radius 2 is 2.00 bits per heavy atom. The molecule has 2 aromatic rings. The fourth-order valence-corrected chi connectivity index (χ4v) is 2.06. The molecular formula is C16H19NO3. The Labute approximate surface area is 118 Å². The lowest BCUT2D eigenvalue weighted by Crippen LogP contribution is -2.30. The largest absolute Gasteiger partial charge is 0.467 e. The highest BCUT2D eigenvalue weighted by molar-refractivity contribution is 5.76. The van der Waals surface area contributed by atoms with Crippen LogP contribution in [0.4, 0.5) is 0 Å². The Hall–Kier alpha value is -2.07. The van der Waals surface area contributed by atoms with E-state index in [4.69, 9.17) is 4.42 Å². The van der Waals surface area contributed by atoms with Crippen molar-refractivity contribution < 1.29 is 14.3 Å². The molecule has 4 nitrogen and oxygen atoms in total. The second-order valence-corrected chi connectivity index (χ2v) is 4.66. The molecule has 0 aliphatic heterocycles. The molecule has 0 aliphatic carbocycles. The Kier molecular flexibility index (Phi) is 5.38. The normalized spacial score (nSPS) is 12.1. The van der Waals surface area contributed by atoms with Gasteiger partial charge in [0.2, 0.25) is 5.91 Å². The highest BCUT2D eigenvalue weighted by Gasteiger charge is 2.15. The Morgan fingerprint density at radius 1 is 1.20 bits per heavy atom. The maximum atomic E-state index is 11.8. The number of hydrogen-bond acceptors (Lipinski definition) is 3. The molecule has 2 rings (SSSR count). The van der Waals surface area contributed by atoms with Crippen molar-refractivity contribution in [2.75, 3.05) is 6.61 Å². The number of aliphatic hydroxyl groups is 1. The van der Waals surface area contributed by atoms with E-state index in [9.17, 15) is 9.90 Å². The molecule has 1 heterocycles. The van der Waals surface area contributed by atoms with Crippen LogP contribution in [0.2, 0.25) is 0 Å². The molecule has 1 aromatic carbocycles. The molecule has 1 atom stereocenters. The molecule has 0 bridgehead atoms. The van der Waals surface area contributed by atoms with Crippen molar-refractivity contribution in [3.05, 3.63) is 60.1 Å². The zero-order valence-electron chi connectivity index (χ0n) is 11.3. The molecule has 0 spiro atoms. The number of aryl methyl sites for hydroxylation is 1. The second kappa shape index (κ2) is 7.50. The minimum absolute atomic E-state index is 0.0728. The number of aliphatic hydroxyl groups excluding tert-OH is 1. The van der Waals surface area contributed by atoms with Crippen LogP contribution in [0.1, 0.15) is 30.2 Å². The molecule has 4 heteroatoms. The van der Waals surface area contributed by atoms with Crippen LogP contribution in [0.3, 0.4) is 0 Å². The molecule has 0 fully saturated rings. The van der Waals surface area contributed by atoms with Gasteiger partial charge < -0.3 is 14.8 Å². The molecule has 106 valence electrons. The first-order valence-corrected chi connectivity index (χ1v) is 6.77.